The van der Waals surface area contributed by atoms with E-state index in [2.05, 4.69) is 0 Å². The molecule has 6 atom stereocenters. The van der Waals surface area contributed by atoms with E-state index < -0.39 is 11.7 Å². The van der Waals surface area contributed by atoms with Crippen LogP contribution in [-0.2, 0) is 20.7 Å². The Morgan fingerprint density at radius 2 is 2.12 bits per heavy atom. The smallest absolute Gasteiger partial charge is 0.315 e. The standard InChI is InChI=1S/C18H18O6/c1-6-11-8(10-14(22-11)12(6)23-16(10)19)4-3-7-9-5-18(2)15(21-9)13(7)24-17(18)20/h7,9,13,15-16,19H,3-5H2,1-2H3/t7-,9?,13?,15?,16?,18-/m1/s1. The van der Waals surface area contributed by atoms with Crippen molar-refractivity contribution in [3.05, 3.63) is 16.7 Å². The van der Waals surface area contributed by atoms with Crippen molar-refractivity contribution >= 4 is 17.1 Å². The van der Waals surface area contributed by atoms with E-state index in [4.69, 9.17) is 18.6 Å². The molecule has 6 heterocycles. The maximum atomic E-state index is 12.1. The summed E-state index contributed by atoms with van der Waals surface area (Å²) in [5, 5.41) is 10.1. The van der Waals surface area contributed by atoms with Crippen molar-refractivity contribution in [2.75, 3.05) is 0 Å². The number of hydrogen-bond acceptors (Lipinski definition) is 6. The zero-order valence-corrected chi connectivity index (χ0v) is 13.5. The van der Waals surface area contributed by atoms with Crippen molar-refractivity contribution < 1.29 is 28.5 Å². The van der Waals surface area contributed by atoms with E-state index in [0.29, 0.717) is 11.3 Å². The summed E-state index contributed by atoms with van der Waals surface area (Å²) in [4.78, 5) is 12.1. The summed E-state index contributed by atoms with van der Waals surface area (Å²) in [7, 11) is 0. The fourth-order valence-corrected chi connectivity index (χ4v) is 5.36. The van der Waals surface area contributed by atoms with Crippen molar-refractivity contribution in [2.45, 2.75) is 57.7 Å². The van der Waals surface area contributed by atoms with Gasteiger partial charge in [-0.15, -0.1) is 0 Å². The second kappa shape index (κ2) is 3.89. The molecule has 1 N–H and O–H groups in total. The van der Waals surface area contributed by atoms with Crippen LogP contribution in [0, 0.1) is 18.3 Å². The van der Waals surface area contributed by atoms with Gasteiger partial charge in [-0.25, -0.2) is 0 Å². The molecule has 2 aromatic heterocycles. The number of ether oxygens (including phenoxy) is 3. The number of rotatable bonds is 3. The molecule has 6 rings (SSSR count). The van der Waals surface area contributed by atoms with E-state index in [-0.39, 0.29) is 30.2 Å². The lowest BCUT2D eigenvalue weighted by Gasteiger charge is -2.25. The number of aliphatic hydroxyl groups is 1. The second-order valence-corrected chi connectivity index (χ2v) is 7.87. The third kappa shape index (κ3) is 1.28. The Hall–Kier alpha value is -1.79. The largest absolute Gasteiger partial charge is 0.459 e. The molecule has 3 fully saturated rings. The molecule has 126 valence electrons. The molecule has 6 heteroatoms. The van der Waals surface area contributed by atoms with Crippen LogP contribution >= 0.6 is 0 Å². The third-order valence-electron chi connectivity index (χ3n) is 6.62. The van der Waals surface area contributed by atoms with Crippen LogP contribution in [0.2, 0.25) is 0 Å². The lowest BCUT2D eigenvalue weighted by molar-refractivity contribution is -0.147. The molecule has 2 aromatic rings. The lowest BCUT2D eigenvalue weighted by Crippen LogP contribution is -2.38. The fourth-order valence-electron chi connectivity index (χ4n) is 5.36. The molecule has 4 aliphatic heterocycles. The number of furan rings is 2. The highest BCUT2D eigenvalue weighted by Gasteiger charge is 2.69. The van der Waals surface area contributed by atoms with Crippen molar-refractivity contribution in [3.8, 4) is 5.75 Å². The summed E-state index contributed by atoms with van der Waals surface area (Å²) < 4.78 is 23.0. The number of aliphatic hydroxyl groups excluding tert-OH is 1. The maximum absolute atomic E-state index is 12.1. The van der Waals surface area contributed by atoms with Gasteiger partial charge >= 0.3 is 5.97 Å². The quantitative estimate of drug-likeness (QED) is 0.870. The molecule has 0 amide bonds. The van der Waals surface area contributed by atoms with E-state index in [1.54, 1.807) is 0 Å². The van der Waals surface area contributed by atoms with Crippen molar-refractivity contribution in [1.82, 2.24) is 0 Å². The normalized spacial score (nSPS) is 41.6. The number of carbonyl (C=O) groups excluding carboxylic acids is 1. The number of benzene rings is 1. The van der Waals surface area contributed by atoms with Crippen molar-refractivity contribution in [2.24, 2.45) is 11.3 Å². The number of carbonyl (C=O) groups is 1. The van der Waals surface area contributed by atoms with Crippen LogP contribution in [0.1, 0.15) is 42.7 Å². The first-order valence-electron chi connectivity index (χ1n) is 8.57. The second-order valence-electron chi connectivity index (χ2n) is 7.87. The zero-order chi connectivity index (χ0) is 16.4. The Bertz CT molecular complexity index is 884. The first-order valence-corrected chi connectivity index (χ1v) is 8.57. The Balaban J connectivity index is 1.29. The van der Waals surface area contributed by atoms with Crippen LogP contribution < -0.4 is 4.74 Å². The molecule has 4 aliphatic rings. The molecule has 4 unspecified atom stereocenters. The maximum Gasteiger partial charge on any atom is 0.315 e. The molecule has 6 nitrogen and oxygen atoms in total. The lowest BCUT2D eigenvalue weighted by atomic mass is 9.71. The monoisotopic (exact) mass is 330 g/mol. The number of esters is 1. The Morgan fingerprint density at radius 1 is 1.29 bits per heavy atom. The number of aryl methyl sites for hydroxylation is 2. The fraction of sp³-hybridized carbons (Fsp3) is 0.611. The van der Waals surface area contributed by atoms with Crippen LogP contribution in [0.5, 0.6) is 5.75 Å². The predicted molar refractivity (Wildman–Crippen MR) is 80.8 cm³/mol. The van der Waals surface area contributed by atoms with E-state index in [0.717, 1.165) is 41.5 Å². The van der Waals surface area contributed by atoms with E-state index in [1.165, 1.54) is 0 Å². The van der Waals surface area contributed by atoms with Crippen LogP contribution in [-0.4, -0.2) is 29.4 Å². The number of hydrogen-bond donors (Lipinski definition) is 1. The van der Waals surface area contributed by atoms with E-state index >= 15 is 0 Å². The minimum Gasteiger partial charge on any atom is -0.459 e. The molecule has 4 bridgehead atoms. The summed E-state index contributed by atoms with van der Waals surface area (Å²) in [5.74, 6) is 0.788. The van der Waals surface area contributed by atoms with Gasteiger partial charge in [-0.2, -0.15) is 0 Å². The average molecular weight is 330 g/mol. The highest BCUT2D eigenvalue weighted by atomic mass is 16.6. The molecule has 0 radical (unpaired) electrons. The van der Waals surface area contributed by atoms with Gasteiger partial charge in [-0.05, 0) is 33.1 Å². The minimum atomic E-state index is -0.927. The van der Waals surface area contributed by atoms with Gasteiger partial charge in [-0.1, -0.05) is 0 Å². The van der Waals surface area contributed by atoms with Gasteiger partial charge in [0, 0.05) is 17.0 Å². The summed E-state index contributed by atoms with van der Waals surface area (Å²) in [5.41, 5.74) is 3.86. The van der Waals surface area contributed by atoms with Crippen molar-refractivity contribution in [1.29, 1.82) is 0 Å². The Kier molecular flexibility index (Phi) is 2.19. The van der Waals surface area contributed by atoms with Gasteiger partial charge in [0.25, 0.3) is 0 Å². The molecule has 24 heavy (non-hydrogen) atoms. The topological polar surface area (TPSA) is 78.1 Å². The highest BCUT2D eigenvalue weighted by Crippen LogP contribution is 2.58. The first-order chi connectivity index (χ1) is 11.5. The van der Waals surface area contributed by atoms with Crippen molar-refractivity contribution in [3.63, 3.8) is 0 Å². The Morgan fingerprint density at radius 3 is 2.96 bits per heavy atom. The SMILES string of the molecule is Cc1c2c3oc1c(CC[C@@H]1C4C[C@@]5(C)C(=O)OC1C5O4)c3C(O)O2. The van der Waals surface area contributed by atoms with E-state index in [9.17, 15) is 9.90 Å². The molecule has 0 saturated carbocycles. The average Bonchev–Trinajstić information content (AvgIpc) is 3.29. The van der Waals surface area contributed by atoms with Crippen LogP contribution in [0.25, 0.3) is 11.2 Å². The van der Waals surface area contributed by atoms with Gasteiger partial charge in [0.15, 0.2) is 11.3 Å². The minimum absolute atomic E-state index is 0.0930. The Labute approximate surface area is 138 Å². The summed E-state index contributed by atoms with van der Waals surface area (Å²) in [6.45, 7) is 3.91. The van der Waals surface area contributed by atoms with Crippen LogP contribution in [0.4, 0.5) is 0 Å². The van der Waals surface area contributed by atoms with E-state index in [1.807, 2.05) is 13.8 Å². The third-order valence-corrected chi connectivity index (χ3v) is 6.62. The highest BCUT2D eigenvalue weighted by molar-refractivity contribution is 5.86. The first kappa shape index (κ1) is 13.5. The summed E-state index contributed by atoms with van der Waals surface area (Å²) in [6.07, 6.45) is 1.32. The summed E-state index contributed by atoms with van der Waals surface area (Å²) in [6, 6.07) is 0. The zero-order valence-electron chi connectivity index (χ0n) is 13.5. The summed E-state index contributed by atoms with van der Waals surface area (Å²) >= 11 is 0. The molecular weight excluding hydrogens is 312 g/mol. The molecular formula is C18H18O6. The van der Waals surface area contributed by atoms with Gasteiger partial charge in [-0.3, -0.25) is 4.79 Å². The number of fused-ring (bicyclic) bond motifs is 2. The van der Waals surface area contributed by atoms with Crippen LogP contribution in [0.15, 0.2) is 4.42 Å². The van der Waals surface area contributed by atoms with Gasteiger partial charge in [0.2, 0.25) is 6.29 Å². The predicted octanol–water partition coefficient (Wildman–Crippen LogP) is 2.21. The van der Waals surface area contributed by atoms with Gasteiger partial charge < -0.3 is 23.7 Å². The molecule has 0 aliphatic carbocycles. The van der Waals surface area contributed by atoms with Crippen LogP contribution in [0.3, 0.4) is 0 Å². The van der Waals surface area contributed by atoms with Gasteiger partial charge in [0.05, 0.1) is 17.1 Å². The van der Waals surface area contributed by atoms with Gasteiger partial charge in [0.1, 0.15) is 17.8 Å². The molecule has 3 saturated heterocycles. The molecule has 0 aromatic carbocycles. The molecule has 0 spiro atoms.